The van der Waals surface area contributed by atoms with Crippen molar-refractivity contribution >= 4 is 23.5 Å². The minimum Gasteiger partial charge on any atom is -0.304 e. The molecule has 1 atom stereocenters. The number of fused-ring (bicyclic) bond motifs is 2. The van der Waals surface area contributed by atoms with Crippen LogP contribution in [0.15, 0.2) is 57.2 Å². The molecule has 2 aromatic carbocycles. The van der Waals surface area contributed by atoms with E-state index in [1.54, 1.807) is 0 Å². The monoisotopic (exact) mass is 398 g/mol. The first-order chi connectivity index (χ1) is 13.1. The summed E-state index contributed by atoms with van der Waals surface area (Å²) in [6.45, 7) is 9.27. The molecule has 0 radical (unpaired) electrons. The average molecular weight is 399 g/mol. The minimum absolute atomic E-state index is 0.490. The number of piperazine rings is 1. The summed E-state index contributed by atoms with van der Waals surface area (Å²) in [5.41, 5.74) is 3.04. The van der Waals surface area contributed by atoms with Gasteiger partial charge in [0.25, 0.3) is 0 Å². The fourth-order valence-electron chi connectivity index (χ4n) is 3.90. The Bertz CT molecular complexity index is 782. The number of rotatable bonds is 4. The zero-order valence-electron chi connectivity index (χ0n) is 16.6. The summed E-state index contributed by atoms with van der Waals surface area (Å²) in [6, 6.07) is 16.7. The third-order valence-corrected chi connectivity index (χ3v) is 8.14. The van der Waals surface area contributed by atoms with Crippen LogP contribution in [0.25, 0.3) is 0 Å². The first-order valence-corrected chi connectivity index (χ1v) is 11.9. The highest BCUT2D eigenvalue weighted by molar-refractivity contribution is 7.99. The van der Waals surface area contributed by atoms with Gasteiger partial charge in [-0.15, -0.1) is 11.8 Å². The summed E-state index contributed by atoms with van der Waals surface area (Å²) in [7, 11) is 2.24. The molecule has 4 heteroatoms. The van der Waals surface area contributed by atoms with Crippen LogP contribution < -0.4 is 0 Å². The largest absolute Gasteiger partial charge is 0.304 e. The predicted molar refractivity (Wildman–Crippen MR) is 118 cm³/mol. The van der Waals surface area contributed by atoms with Gasteiger partial charge < -0.3 is 4.90 Å². The van der Waals surface area contributed by atoms with Crippen LogP contribution >= 0.6 is 23.5 Å². The average Bonchev–Trinajstić information content (AvgIpc) is 2.83. The van der Waals surface area contributed by atoms with E-state index < -0.39 is 0 Å². The number of hydrogen-bond donors (Lipinski definition) is 0. The first kappa shape index (κ1) is 19.4. The lowest BCUT2D eigenvalue weighted by atomic mass is 9.96. The molecule has 1 fully saturated rings. The van der Waals surface area contributed by atoms with Crippen molar-refractivity contribution in [3.63, 3.8) is 0 Å². The lowest BCUT2D eigenvalue weighted by molar-refractivity contribution is 0.109. The van der Waals surface area contributed by atoms with Crippen molar-refractivity contribution in [3.8, 4) is 0 Å². The van der Waals surface area contributed by atoms with Gasteiger partial charge in [0.1, 0.15) is 0 Å². The van der Waals surface area contributed by atoms with Crippen molar-refractivity contribution in [2.75, 3.05) is 39.0 Å². The van der Waals surface area contributed by atoms with Gasteiger partial charge in [-0.1, -0.05) is 43.8 Å². The summed E-state index contributed by atoms with van der Waals surface area (Å²) < 4.78 is 0. The molecule has 0 saturated carbocycles. The maximum atomic E-state index is 2.72. The lowest BCUT2D eigenvalue weighted by Crippen LogP contribution is -2.46. The van der Waals surface area contributed by atoms with Crippen LogP contribution in [0, 0.1) is 5.92 Å². The maximum Gasteiger partial charge on any atom is 0.0401 e. The van der Waals surface area contributed by atoms with Crippen molar-refractivity contribution in [2.24, 2.45) is 5.92 Å². The molecule has 2 heterocycles. The number of thioether (sulfide) groups is 1. The number of likely N-dealkylation sites (N-methyl/N-ethyl adjacent to an activating group) is 1. The van der Waals surface area contributed by atoms with Gasteiger partial charge in [0, 0.05) is 52.7 Å². The van der Waals surface area contributed by atoms with Crippen molar-refractivity contribution in [3.05, 3.63) is 53.6 Å². The Hall–Kier alpha value is -0.940. The number of hydrogen-bond acceptors (Lipinski definition) is 4. The second kappa shape index (κ2) is 8.60. The quantitative estimate of drug-likeness (QED) is 0.633. The van der Waals surface area contributed by atoms with Gasteiger partial charge in [0.2, 0.25) is 0 Å². The molecule has 2 aliphatic heterocycles. The Kier molecular flexibility index (Phi) is 6.18. The Labute approximate surface area is 172 Å². The van der Waals surface area contributed by atoms with Crippen LogP contribution in [0.2, 0.25) is 0 Å². The topological polar surface area (TPSA) is 6.48 Å². The van der Waals surface area contributed by atoms with E-state index >= 15 is 0 Å². The first-order valence-electron chi connectivity index (χ1n) is 10.1. The van der Waals surface area contributed by atoms with Crippen molar-refractivity contribution < 1.29 is 0 Å². The number of nitrogens with zero attached hydrogens (tertiary/aromatic N) is 2. The van der Waals surface area contributed by atoms with E-state index in [1.807, 2.05) is 23.5 Å². The predicted octanol–water partition coefficient (Wildman–Crippen LogP) is 5.43. The fourth-order valence-corrected chi connectivity index (χ4v) is 5.92. The second-order valence-electron chi connectivity index (χ2n) is 8.17. The van der Waals surface area contributed by atoms with Crippen LogP contribution in [0.5, 0.6) is 0 Å². The molecule has 27 heavy (non-hydrogen) atoms. The zero-order chi connectivity index (χ0) is 18.8. The minimum atomic E-state index is 0.490. The Morgan fingerprint density at radius 3 is 2.59 bits per heavy atom. The molecule has 2 nitrogen and oxygen atoms in total. The van der Waals surface area contributed by atoms with Crippen molar-refractivity contribution in [2.45, 2.75) is 41.0 Å². The molecule has 1 saturated heterocycles. The molecule has 144 valence electrons. The maximum absolute atomic E-state index is 2.72. The van der Waals surface area contributed by atoms with E-state index in [2.05, 4.69) is 73.2 Å². The molecule has 2 aliphatic rings. The van der Waals surface area contributed by atoms with Gasteiger partial charge in [-0.3, -0.25) is 4.90 Å². The van der Waals surface area contributed by atoms with Crippen LogP contribution in [0.1, 0.15) is 31.0 Å². The van der Waals surface area contributed by atoms with Crippen LogP contribution in [0.4, 0.5) is 0 Å². The normalized spacial score (nSPS) is 21.0. The summed E-state index contributed by atoms with van der Waals surface area (Å²) in [5, 5.41) is 0. The van der Waals surface area contributed by atoms with Gasteiger partial charge in [-0.25, -0.2) is 0 Å². The van der Waals surface area contributed by atoms with E-state index in [-0.39, 0.29) is 0 Å². The van der Waals surface area contributed by atoms with Gasteiger partial charge >= 0.3 is 0 Å². The Balaban J connectivity index is 1.69. The summed E-state index contributed by atoms with van der Waals surface area (Å²) >= 11 is 3.96. The third-order valence-electron chi connectivity index (χ3n) is 5.51. The van der Waals surface area contributed by atoms with Gasteiger partial charge in [-0.2, -0.15) is 0 Å². The number of benzene rings is 2. The smallest absolute Gasteiger partial charge is 0.0401 e. The van der Waals surface area contributed by atoms with E-state index in [4.69, 9.17) is 0 Å². The molecular weight excluding hydrogens is 368 g/mol. The van der Waals surface area contributed by atoms with Crippen LogP contribution in [-0.4, -0.2) is 48.8 Å². The molecule has 0 N–H and O–H groups in total. The molecule has 0 aliphatic carbocycles. The molecular formula is C23H30N2S2. The summed E-state index contributed by atoms with van der Waals surface area (Å²) in [5.74, 6) is 1.91. The van der Waals surface area contributed by atoms with E-state index in [0.717, 1.165) is 25.4 Å². The lowest BCUT2D eigenvalue weighted by Gasteiger charge is -2.38. The zero-order valence-corrected chi connectivity index (χ0v) is 18.3. The van der Waals surface area contributed by atoms with Gasteiger partial charge in [0.05, 0.1) is 0 Å². The second-order valence-corrected chi connectivity index (χ2v) is 10.4. The van der Waals surface area contributed by atoms with Gasteiger partial charge in [-0.05, 0) is 54.8 Å². The molecule has 0 spiro atoms. The van der Waals surface area contributed by atoms with Crippen LogP contribution in [0.3, 0.4) is 0 Å². The van der Waals surface area contributed by atoms with E-state index in [0.29, 0.717) is 6.04 Å². The molecule has 0 bridgehead atoms. The summed E-state index contributed by atoms with van der Waals surface area (Å²) in [6.07, 6.45) is 1.12. The Morgan fingerprint density at radius 1 is 1.04 bits per heavy atom. The highest BCUT2D eigenvalue weighted by Crippen LogP contribution is 2.44. The fraction of sp³-hybridized carbons (Fsp3) is 0.478. The van der Waals surface area contributed by atoms with E-state index in [1.165, 1.54) is 44.7 Å². The van der Waals surface area contributed by atoms with Crippen molar-refractivity contribution in [1.82, 2.24) is 9.80 Å². The third kappa shape index (κ3) is 4.56. The van der Waals surface area contributed by atoms with E-state index in [9.17, 15) is 0 Å². The van der Waals surface area contributed by atoms with Gasteiger partial charge in [0.15, 0.2) is 0 Å². The molecule has 2 aromatic rings. The molecule has 1 unspecified atom stereocenters. The highest BCUT2D eigenvalue weighted by Gasteiger charge is 2.29. The standard InChI is InChI=1S/C23H30N2S2/c1-17(2)16-26-19-8-9-23-20(15-19)21(25-12-10-24(3)11-13-25)14-18-6-4-5-7-22(18)27-23/h4-9,15,17,21H,10-14,16H2,1-3H3. The molecule has 4 rings (SSSR count). The van der Waals surface area contributed by atoms with Crippen molar-refractivity contribution in [1.29, 1.82) is 0 Å². The van der Waals surface area contributed by atoms with Crippen LogP contribution in [-0.2, 0) is 6.42 Å². The molecule has 0 amide bonds. The SMILES string of the molecule is CC(C)CSc1ccc2c(c1)C(N1CCN(C)CC1)Cc1ccccc1S2. The summed E-state index contributed by atoms with van der Waals surface area (Å²) in [4.78, 5) is 9.47. The molecule has 0 aromatic heterocycles. The Morgan fingerprint density at radius 2 is 1.81 bits per heavy atom. The highest BCUT2D eigenvalue weighted by atomic mass is 32.2.